The molecule has 0 bridgehead atoms. The molecule has 1 aromatic heterocycles. The Kier molecular flexibility index (Phi) is 6.14. The number of carbonyl (C=O) groups is 2. The Bertz CT molecular complexity index is 220. The lowest BCUT2D eigenvalue weighted by molar-refractivity contribution is 0.112. The van der Waals surface area contributed by atoms with E-state index < -0.39 is 0 Å². The van der Waals surface area contributed by atoms with E-state index >= 15 is 0 Å². The summed E-state index contributed by atoms with van der Waals surface area (Å²) in [6.45, 7) is 1.93. The van der Waals surface area contributed by atoms with Crippen LogP contribution in [0.5, 0.6) is 0 Å². The number of hydrogen-bond acceptors (Lipinski definition) is 4. The van der Waals surface area contributed by atoms with Gasteiger partial charge in [0.05, 0.1) is 9.75 Å². The van der Waals surface area contributed by atoms with Gasteiger partial charge in [-0.25, -0.2) is 0 Å². The fourth-order valence-corrected chi connectivity index (χ4v) is 1.14. The Morgan fingerprint density at radius 2 is 1.67 bits per heavy atom. The highest BCUT2D eigenvalue weighted by molar-refractivity contribution is 7.15. The highest BCUT2D eigenvalue weighted by Gasteiger charge is 1.94. The van der Waals surface area contributed by atoms with Crippen molar-refractivity contribution in [2.75, 3.05) is 6.61 Å². The van der Waals surface area contributed by atoms with E-state index in [9.17, 15) is 9.59 Å². The quantitative estimate of drug-likeness (QED) is 0.710. The second-order valence-electron chi connectivity index (χ2n) is 1.79. The molecule has 0 unspecified atom stereocenters. The molecule has 0 atom stereocenters. The number of thiophene rings is 1. The van der Waals surface area contributed by atoms with Gasteiger partial charge < -0.3 is 5.11 Å². The van der Waals surface area contributed by atoms with Gasteiger partial charge in [-0.2, -0.15) is 0 Å². The van der Waals surface area contributed by atoms with Gasteiger partial charge in [0, 0.05) is 6.61 Å². The van der Waals surface area contributed by atoms with Crippen LogP contribution >= 0.6 is 11.3 Å². The van der Waals surface area contributed by atoms with Gasteiger partial charge in [0.2, 0.25) is 0 Å². The van der Waals surface area contributed by atoms with Crippen LogP contribution in [-0.4, -0.2) is 24.3 Å². The highest BCUT2D eigenvalue weighted by Crippen LogP contribution is 2.10. The molecule has 1 aromatic rings. The minimum atomic E-state index is 0.250. The van der Waals surface area contributed by atoms with Crippen molar-refractivity contribution in [2.24, 2.45) is 0 Å². The lowest BCUT2D eigenvalue weighted by atomic mass is 10.4. The predicted octanol–water partition coefficient (Wildman–Crippen LogP) is 1.37. The lowest BCUT2D eigenvalue weighted by Gasteiger charge is -1.71. The first-order chi connectivity index (χ1) is 5.78. The molecule has 0 aliphatic heterocycles. The smallest absolute Gasteiger partial charge is 0.160 e. The summed E-state index contributed by atoms with van der Waals surface area (Å²) in [5, 5.41) is 7.57. The summed E-state index contributed by atoms with van der Waals surface area (Å²) < 4.78 is 0. The molecule has 0 saturated heterocycles. The molecule has 1 heterocycles. The summed E-state index contributed by atoms with van der Waals surface area (Å²) in [6.07, 6.45) is 1.47. The third kappa shape index (κ3) is 4.00. The predicted molar refractivity (Wildman–Crippen MR) is 47.9 cm³/mol. The van der Waals surface area contributed by atoms with Crippen molar-refractivity contribution in [1.29, 1.82) is 0 Å². The number of rotatable bonds is 2. The molecular formula is C8H10O3S. The summed E-state index contributed by atoms with van der Waals surface area (Å²) >= 11 is 1.20. The molecule has 0 amide bonds. The highest BCUT2D eigenvalue weighted by atomic mass is 32.1. The topological polar surface area (TPSA) is 54.4 Å². The zero-order valence-electron chi connectivity index (χ0n) is 6.69. The zero-order valence-corrected chi connectivity index (χ0v) is 7.50. The minimum absolute atomic E-state index is 0.250. The van der Waals surface area contributed by atoms with E-state index in [1.165, 1.54) is 11.3 Å². The van der Waals surface area contributed by atoms with Crippen LogP contribution < -0.4 is 0 Å². The van der Waals surface area contributed by atoms with Gasteiger partial charge in [-0.1, -0.05) is 0 Å². The monoisotopic (exact) mass is 186 g/mol. The molecule has 3 nitrogen and oxygen atoms in total. The maximum Gasteiger partial charge on any atom is 0.160 e. The number of aliphatic hydroxyl groups excluding tert-OH is 1. The summed E-state index contributed by atoms with van der Waals surface area (Å²) in [5.74, 6) is 0. The molecule has 0 aromatic carbocycles. The van der Waals surface area contributed by atoms with E-state index in [1.807, 2.05) is 0 Å². The Morgan fingerprint density at radius 3 is 1.83 bits per heavy atom. The molecule has 1 rings (SSSR count). The molecule has 0 fully saturated rings. The van der Waals surface area contributed by atoms with E-state index in [4.69, 9.17) is 5.11 Å². The van der Waals surface area contributed by atoms with Crippen LogP contribution in [0.4, 0.5) is 0 Å². The second kappa shape index (κ2) is 6.69. The maximum absolute atomic E-state index is 10.0. The van der Waals surface area contributed by atoms with Crippen LogP contribution in [0.3, 0.4) is 0 Å². The fourth-order valence-electron chi connectivity index (χ4n) is 0.495. The first-order valence-corrected chi connectivity index (χ1v) is 4.21. The van der Waals surface area contributed by atoms with Crippen molar-refractivity contribution >= 4 is 23.9 Å². The SMILES string of the molecule is CCO.O=Cc1ccc(C=O)s1. The van der Waals surface area contributed by atoms with Gasteiger partial charge in [0.1, 0.15) is 0 Å². The standard InChI is InChI=1S/C6H4O2S.C2H6O/c7-3-5-1-2-6(4-8)9-5;1-2-3/h1-4H;3H,2H2,1H3. The maximum atomic E-state index is 10.0. The summed E-state index contributed by atoms with van der Waals surface area (Å²) in [5.41, 5.74) is 0. The van der Waals surface area contributed by atoms with Crippen LogP contribution in [0.15, 0.2) is 12.1 Å². The number of hydrogen-bond donors (Lipinski definition) is 1. The molecule has 0 aliphatic rings. The second-order valence-corrected chi connectivity index (χ2v) is 2.94. The van der Waals surface area contributed by atoms with Crippen LogP contribution in [0.1, 0.15) is 26.3 Å². The average molecular weight is 186 g/mol. The van der Waals surface area contributed by atoms with E-state index in [2.05, 4.69) is 0 Å². The number of carbonyl (C=O) groups excluding carboxylic acids is 2. The van der Waals surface area contributed by atoms with Gasteiger partial charge in [0.25, 0.3) is 0 Å². The van der Waals surface area contributed by atoms with Crippen LogP contribution in [0, 0.1) is 0 Å². The average Bonchev–Trinajstić information content (AvgIpc) is 2.53. The normalized spacial score (nSPS) is 8.17. The molecular weight excluding hydrogens is 176 g/mol. The molecule has 4 heteroatoms. The molecule has 0 aliphatic carbocycles. The van der Waals surface area contributed by atoms with Crippen molar-refractivity contribution < 1.29 is 14.7 Å². The molecule has 66 valence electrons. The zero-order chi connectivity index (χ0) is 9.40. The first-order valence-electron chi connectivity index (χ1n) is 3.39. The van der Waals surface area contributed by atoms with Crippen LogP contribution in [0.2, 0.25) is 0 Å². The van der Waals surface area contributed by atoms with Gasteiger partial charge in [-0.05, 0) is 19.1 Å². The largest absolute Gasteiger partial charge is 0.397 e. The van der Waals surface area contributed by atoms with E-state index in [0.717, 1.165) is 12.6 Å². The van der Waals surface area contributed by atoms with Crippen molar-refractivity contribution in [3.63, 3.8) is 0 Å². The lowest BCUT2D eigenvalue weighted by Crippen LogP contribution is -1.64. The number of aliphatic hydroxyl groups is 1. The van der Waals surface area contributed by atoms with Crippen molar-refractivity contribution in [3.8, 4) is 0 Å². The molecule has 0 saturated carbocycles. The third-order valence-electron chi connectivity index (χ3n) is 0.880. The Hall–Kier alpha value is -1.00. The molecule has 0 spiro atoms. The number of aldehydes is 2. The minimum Gasteiger partial charge on any atom is -0.397 e. The van der Waals surface area contributed by atoms with Crippen molar-refractivity contribution in [1.82, 2.24) is 0 Å². The molecule has 12 heavy (non-hydrogen) atoms. The Labute approximate surface area is 74.7 Å². The third-order valence-corrected chi connectivity index (χ3v) is 1.82. The summed E-state index contributed by atoms with van der Waals surface area (Å²) in [6, 6.07) is 3.25. The van der Waals surface area contributed by atoms with Gasteiger partial charge in [-0.15, -0.1) is 11.3 Å². The summed E-state index contributed by atoms with van der Waals surface area (Å²) in [4.78, 5) is 21.2. The molecule has 1 N–H and O–H groups in total. The van der Waals surface area contributed by atoms with Gasteiger partial charge >= 0.3 is 0 Å². The van der Waals surface area contributed by atoms with Gasteiger partial charge in [0.15, 0.2) is 12.6 Å². The Morgan fingerprint density at radius 1 is 1.33 bits per heavy atom. The summed E-state index contributed by atoms with van der Waals surface area (Å²) in [7, 11) is 0. The van der Waals surface area contributed by atoms with Crippen molar-refractivity contribution in [2.45, 2.75) is 6.92 Å². The Balaban J connectivity index is 0.000000354. The molecule has 0 radical (unpaired) electrons. The van der Waals surface area contributed by atoms with E-state index in [0.29, 0.717) is 9.75 Å². The fraction of sp³-hybridized carbons (Fsp3) is 0.250. The van der Waals surface area contributed by atoms with Crippen LogP contribution in [0.25, 0.3) is 0 Å². The van der Waals surface area contributed by atoms with Gasteiger partial charge in [-0.3, -0.25) is 9.59 Å². The first kappa shape index (κ1) is 11.0. The van der Waals surface area contributed by atoms with E-state index in [-0.39, 0.29) is 6.61 Å². The van der Waals surface area contributed by atoms with Crippen LogP contribution in [-0.2, 0) is 0 Å². The van der Waals surface area contributed by atoms with Crippen molar-refractivity contribution in [3.05, 3.63) is 21.9 Å². The van der Waals surface area contributed by atoms with E-state index in [1.54, 1.807) is 19.1 Å².